The van der Waals surface area contributed by atoms with Gasteiger partial charge in [0.1, 0.15) is 0 Å². The molecule has 0 aliphatic carbocycles. The standard InChI is InChI=1S/C19H22N2OS/c1-6-13(3)8-10-16(7-2)21-19(22)18(15(5)20-21)12-17-11-9-14(4)23-17/h7-12H,3,6H2,1-2,4-5H3/b10-8+,16-7-,18-12-. The molecule has 2 rings (SSSR count). The number of rotatable bonds is 5. The van der Waals surface area contributed by atoms with E-state index in [0.717, 1.165) is 28.3 Å². The quantitative estimate of drug-likeness (QED) is 0.548. The van der Waals surface area contributed by atoms with E-state index in [-0.39, 0.29) is 5.91 Å². The summed E-state index contributed by atoms with van der Waals surface area (Å²) in [7, 11) is 0. The zero-order valence-corrected chi connectivity index (χ0v) is 14.9. The van der Waals surface area contributed by atoms with Crippen LogP contribution in [0.3, 0.4) is 0 Å². The summed E-state index contributed by atoms with van der Waals surface area (Å²) in [5.74, 6) is -0.0894. The molecule has 1 aromatic heterocycles. The Hall–Kier alpha value is -2.20. The Bertz CT molecular complexity index is 747. The second kappa shape index (κ2) is 7.38. The summed E-state index contributed by atoms with van der Waals surface area (Å²) in [5, 5.41) is 5.88. The van der Waals surface area contributed by atoms with Crippen LogP contribution in [-0.4, -0.2) is 16.6 Å². The van der Waals surface area contributed by atoms with E-state index >= 15 is 0 Å². The zero-order chi connectivity index (χ0) is 17.0. The van der Waals surface area contributed by atoms with Crippen molar-refractivity contribution >= 4 is 29.0 Å². The first kappa shape index (κ1) is 17.2. The molecule has 0 spiro atoms. The largest absolute Gasteiger partial charge is 0.280 e. The molecule has 0 atom stereocenters. The Morgan fingerprint density at radius 2 is 2.09 bits per heavy atom. The minimum Gasteiger partial charge on any atom is -0.267 e. The maximum absolute atomic E-state index is 12.7. The van der Waals surface area contributed by atoms with Gasteiger partial charge in [-0.2, -0.15) is 10.1 Å². The summed E-state index contributed by atoms with van der Waals surface area (Å²) in [4.78, 5) is 15.0. The van der Waals surface area contributed by atoms with E-state index in [2.05, 4.69) is 31.6 Å². The number of hydrogen-bond donors (Lipinski definition) is 0. The maximum Gasteiger partial charge on any atom is 0.280 e. The molecular formula is C19H22N2OS. The van der Waals surface area contributed by atoms with Gasteiger partial charge in [-0.05, 0) is 51.5 Å². The number of amides is 1. The van der Waals surface area contributed by atoms with Gasteiger partial charge in [-0.25, -0.2) is 0 Å². The van der Waals surface area contributed by atoms with E-state index in [9.17, 15) is 4.79 Å². The van der Waals surface area contributed by atoms with E-state index in [0.29, 0.717) is 5.57 Å². The monoisotopic (exact) mass is 326 g/mol. The van der Waals surface area contributed by atoms with Gasteiger partial charge in [0.15, 0.2) is 0 Å². The van der Waals surface area contributed by atoms with Crippen molar-refractivity contribution in [3.63, 3.8) is 0 Å². The van der Waals surface area contributed by atoms with Gasteiger partial charge in [0.25, 0.3) is 5.91 Å². The number of nitrogens with zero attached hydrogens (tertiary/aromatic N) is 2. The lowest BCUT2D eigenvalue weighted by Gasteiger charge is -2.12. The van der Waals surface area contributed by atoms with Gasteiger partial charge in [0.05, 0.1) is 17.0 Å². The molecule has 0 N–H and O–H groups in total. The van der Waals surface area contributed by atoms with Gasteiger partial charge >= 0.3 is 0 Å². The Morgan fingerprint density at radius 1 is 1.35 bits per heavy atom. The molecule has 0 saturated carbocycles. The summed E-state index contributed by atoms with van der Waals surface area (Å²) in [6, 6.07) is 4.08. The van der Waals surface area contributed by atoms with Crippen molar-refractivity contribution in [2.45, 2.75) is 34.1 Å². The fourth-order valence-electron chi connectivity index (χ4n) is 2.14. The highest BCUT2D eigenvalue weighted by molar-refractivity contribution is 7.12. The van der Waals surface area contributed by atoms with Gasteiger partial charge in [-0.15, -0.1) is 11.3 Å². The van der Waals surface area contributed by atoms with E-state index in [1.54, 1.807) is 11.3 Å². The predicted molar refractivity (Wildman–Crippen MR) is 99.3 cm³/mol. The van der Waals surface area contributed by atoms with Crippen LogP contribution < -0.4 is 0 Å². The molecule has 120 valence electrons. The van der Waals surface area contributed by atoms with Crippen LogP contribution in [0.25, 0.3) is 6.08 Å². The molecular weight excluding hydrogens is 304 g/mol. The molecule has 4 heteroatoms. The fraction of sp³-hybridized carbons (Fsp3) is 0.263. The van der Waals surface area contributed by atoms with E-state index < -0.39 is 0 Å². The van der Waals surface area contributed by atoms with Crippen molar-refractivity contribution in [3.8, 4) is 0 Å². The van der Waals surface area contributed by atoms with E-state index in [1.807, 2.05) is 44.2 Å². The van der Waals surface area contributed by atoms with Crippen LogP contribution >= 0.6 is 11.3 Å². The van der Waals surface area contributed by atoms with Crippen LogP contribution in [-0.2, 0) is 4.79 Å². The third-order valence-electron chi connectivity index (χ3n) is 3.59. The summed E-state index contributed by atoms with van der Waals surface area (Å²) in [6.07, 6.45) is 8.50. The van der Waals surface area contributed by atoms with Crippen molar-refractivity contribution in [3.05, 3.63) is 63.5 Å². The maximum atomic E-state index is 12.7. The van der Waals surface area contributed by atoms with E-state index in [4.69, 9.17) is 0 Å². The third kappa shape index (κ3) is 3.96. The number of carbonyl (C=O) groups excluding carboxylic acids is 1. The topological polar surface area (TPSA) is 32.7 Å². The first-order chi connectivity index (χ1) is 11.0. The SMILES string of the molecule is C=C(/C=C/C(=C/C)N1N=C(C)/C(=C/c2ccc(C)s2)C1=O)CC. The van der Waals surface area contributed by atoms with Gasteiger partial charge in [0, 0.05) is 9.75 Å². The normalized spacial score (nSPS) is 17.5. The molecule has 3 nitrogen and oxygen atoms in total. The van der Waals surface area contributed by atoms with Crippen LogP contribution in [0.1, 0.15) is 36.9 Å². The first-order valence-corrected chi connectivity index (χ1v) is 8.48. The first-order valence-electron chi connectivity index (χ1n) is 7.66. The van der Waals surface area contributed by atoms with E-state index in [1.165, 1.54) is 9.89 Å². The Morgan fingerprint density at radius 3 is 2.65 bits per heavy atom. The third-order valence-corrected chi connectivity index (χ3v) is 4.54. The molecule has 23 heavy (non-hydrogen) atoms. The molecule has 0 unspecified atom stereocenters. The van der Waals surface area contributed by atoms with Crippen LogP contribution in [0.4, 0.5) is 0 Å². The number of thiophene rings is 1. The predicted octanol–water partition coefficient (Wildman–Crippen LogP) is 5.08. The van der Waals surface area contributed by atoms with Crippen molar-refractivity contribution < 1.29 is 4.79 Å². The molecule has 0 saturated heterocycles. The van der Waals surface area contributed by atoms with Crippen LogP contribution in [0.5, 0.6) is 0 Å². The van der Waals surface area contributed by atoms with Gasteiger partial charge in [-0.3, -0.25) is 4.79 Å². The zero-order valence-electron chi connectivity index (χ0n) is 14.1. The summed E-state index contributed by atoms with van der Waals surface area (Å²) < 4.78 is 0. The molecule has 0 bridgehead atoms. The van der Waals surface area contributed by atoms with Crippen molar-refractivity contribution in [2.75, 3.05) is 0 Å². The Labute approximate surface area is 142 Å². The van der Waals surface area contributed by atoms with Crippen molar-refractivity contribution in [2.24, 2.45) is 5.10 Å². The molecule has 1 amide bonds. The van der Waals surface area contributed by atoms with Crippen molar-refractivity contribution in [1.82, 2.24) is 5.01 Å². The molecule has 2 heterocycles. The number of aryl methyl sites for hydroxylation is 1. The lowest BCUT2D eigenvalue weighted by Crippen LogP contribution is -2.20. The Kier molecular flexibility index (Phi) is 5.50. The molecule has 1 aliphatic rings. The number of hydrogen-bond acceptors (Lipinski definition) is 3. The lowest BCUT2D eigenvalue weighted by molar-refractivity contribution is -0.123. The molecule has 0 aromatic carbocycles. The summed E-state index contributed by atoms with van der Waals surface area (Å²) >= 11 is 1.67. The van der Waals surface area contributed by atoms with Crippen LogP contribution in [0, 0.1) is 6.92 Å². The van der Waals surface area contributed by atoms with Crippen LogP contribution in [0.15, 0.2) is 58.9 Å². The summed E-state index contributed by atoms with van der Waals surface area (Å²) in [5.41, 5.74) is 3.16. The highest BCUT2D eigenvalue weighted by Crippen LogP contribution is 2.25. The lowest BCUT2D eigenvalue weighted by atomic mass is 10.1. The smallest absolute Gasteiger partial charge is 0.267 e. The molecule has 1 aromatic rings. The number of hydrazone groups is 1. The number of allylic oxidation sites excluding steroid dienone is 4. The molecule has 0 fully saturated rings. The van der Waals surface area contributed by atoms with Gasteiger partial charge < -0.3 is 0 Å². The molecule has 0 radical (unpaired) electrons. The van der Waals surface area contributed by atoms with Gasteiger partial charge in [-0.1, -0.05) is 31.2 Å². The Balaban J connectivity index is 2.27. The number of carbonyl (C=O) groups is 1. The van der Waals surface area contributed by atoms with Gasteiger partial charge in [0.2, 0.25) is 0 Å². The highest BCUT2D eigenvalue weighted by Gasteiger charge is 2.29. The minimum atomic E-state index is -0.0894. The molecule has 1 aliphatic heterocycles. The minimum absolute atomic E-state index is 0.0894. The second-order valence-electron chi connectivity index (χ2n) is 5.37. The average molecular weight is 326 g/mol. The average Bonchev–Trinajstić information content (AvgIpc) is 3.06. The fourth-order valence-corrected chi connectivity index (χ4v) is 2.96. The van der Waals surface area contributed by atoms with Crippen molar-refractivity contribution in [1.29, 1.82) is 0 Å². The highest BCUT2D eigenvalue weighted by atomic mass is 32.1. The summed E-state index contributed by atoms with van der Waals surface area (Å²) in [6.45, 7) is 11.8. The second-order valence-corrected chi connectivity index (χ2v) is 6.69. The van der Waals surface area contributed by atoms with Crippen LogP contribution in [0.2, 0.25) is 0 Å².